The fraction of sp³-hybridized carbons (Fsp3) is 0.143. The number of methoxy groups -OCH3 is 1. The molecule has 0 aliphatic rings. The summed E-state index contributed by atoms with van der Waals surface area (Å²) in [7, 11) is 1.49. The van der Waals surface area contributed by atoms with Gasteiger partial charge in [0.25, 0.3) is 0 Å². The summed E-state index contributed by atoms with van der Waals surface area (Å²) in [6.45, 7) is 1.90. The van der Waals surface area contributed by atoms with Gasteiger partial charge in [-0.3, -0.25) is 5.10 Å². The molecule has 0 atom stereocenters. The molecule has 0 aliphatic carbocycles. The van der Waals surface area contributed by atoms with Crippen LogP contribution in [-0.2, 0) is 0 Å². The van der Waals surface area contributed by atoms with Gasteiger partial charge >= 0.3 is 0 Å². The molecule has 1 aromatic carbocycles. The van der Waals surface area contributed by atoms with E-state index in [9.17, 15) is 5.11 Å². The summed E-state index contributed by atoms with van der Waals surface area (Å²) in [6, 6.07) is 6.76. The predicted octanol–water partition coefficient (Wildman–Crippen LogP) is 2.24. The number of phenols is 1. The van der Waals surface area contributed by atoms with Crippen molar-refractivity contribution in [3.63, 3.8) is 0 Å². The number of aromatic amines is 2. The second-order valence-electron chi connectivity index (χ2n) is 4.78. The SMILES string of the molecule is COc1cc(/C=N\n2c(-c3cc(C)[nH]n3)n[nH]c2=S)ccc1O. The molecule has 0 spiro atoms. The van der Waals surface area contributed by atoms with Crippen molar-refractivity contribution in [2.45, 2.75) is 6.92 Å². The summed E-state index contributed by atoms with van der Waals surface area (Å²) < 4.78 is 6.90. The first-order valence-electron chi connectivity index (χ1n) is 6.69. The van der Waals surface area contributed by atoms with E-state index in [1.807, 2.05) is 13.0 Å². The number of nitrogens with one attached hydrogen (secondary N) is 2. The van der Waals surface area contributed by atoms with Crippen LogP contribution in [-0.4, -0.2) is 43.5 Å². The Morgan fingerprint density at radius 1 is 1.30 bits per heavy atom. The molecule has 2 heterocycles. The van der Waals surface area contributed by atoms with Gasteiger partial charge in [0.1, 0.15) is 5.69 Å². The monoisotopic (exact) mass is 330 g/mol. The third-order valence-electron chi connectivity index (χ3n) is 3.11. The standard InChI is InChI=1S/C14H14N6O2S/c1-8-5-10(17-16-8)13-18-19-14(23)20(13)15-7-9-3-4-11(21)12(6-9)22-2/h3-7,21H,1-2H3,(H,16,17)(H,19,23)/b15-7-. The van der Waals surface area contributed by atoms with Gasteiger partial charge in [0, 0.05) is 5.69 Å². The van der Waals surface area contributed by atoms with Crippen molar-refractivity contribution in [1.82, 2.24) is 25.1 Å². The molecule has 2 aromatic heterocycles. The van der Waals surface area contributed by atoms with Gasteiger partial charge in [-0.15, -0.1) is 0 Å². The number of hydrogen-bond donors (Lipinski definition) is 3. The van der Waals surface area contributed by atoms with Crippen molar-refractivity contribution in [2.24, 2.45) is 5.10 Å². The molecule has 23 heavy (non-hydrogen) atoms. The van der Waals surface area contributed by atoms with Crippen LogP contribution in [0.25, 0.3) is 11.5 Å². The minimum Gasteiger partial charge on any atom is -0.504 e. The first-order chi connectivity index (χ1) is 11.1. The largest absolute Gasteiger partial charge is 0.504 e. The summed E-state index contributed by atoms with van der Waals surface area (Å²) in [5.41, 5.74) is 2.29. The van der Waals surface area contributed by atoms with Gasteiger partial charge in [0.15, 0.2) is 11.5 Å². The van der Waals surface area contributed by atoms with Crippen LogP contribution in [0, 0.1) is 11.7 Å². The zero-order valence-corrected chi connectivity index (χ0v) is 13.3. The molecule has 0 unspecified atom stereocenters. The van der Waals surface area contributed by atoms with Crippen LogP contribution in [0.2, 0.25) is 0 Å². The maximum Gasteiger partial charge on any atom is 0.216 e. The maximum atomic E-state index is 9.61. The van der Waals surface area contributed by atoms with E-state index < -0.39 is 0 Å². The Hall–Kier alpha value is -2.94. The van der Waals surface area contributed by atoms with E-state index in [4.69, 9.17) is 17.0 Å². The summed E-state index contributed by atoms with van der Waals surface area (Å²) in [5.74, 6) is 0.937. The molecule has 0 bridgehead atoms. The van der Waals surface area contributed by atoms with Crippen LogP contribution >= 0.6 is 12.2 Å². The number of rotatable bonds is 4. The molecule has 0 amide bonds. The smallest absolute Gasteiger partial charge is 0.216 e. The molecule has 0 saturated carbocycles. The molecule has 0 fully saturated rings. The van der Waals surface area contributed by atoms with Crippen molar-refractivity contribution >= 4 is 18.4 Å². The molecule has 9 heteroatoms. The second-order valence-corrected chi connectivity index (χ2v) is 5.16. The number of nitrogens with zero attached hydrogens (tertiary/aromatic N) is 4. The molecule has 3 N–H and O–H groups in total. The lowest BCUT2D eigenvalue weighted by Gasteiger charge is -2.03. The third kappa shape index (κ3) is 2.99. The Bertz CT molecular complexity index is 923. The zero-order chi connectivity index (χ0) is 16.4. The number of hydrogen-bond acceptors (Lipinski definition) is 6. The van der Waals surface area contributed by atoms with Crippen molar-refractivity contribution in [3.8, 4) is 23.0 Å². The lowest BCUT2D eigenvalue weighted by molar-refractivity contribution is 0.373. The van der Waals surface area contributed by atoms with E-state index in [0.717, 1.165) is 11.3 Å². The number of aromatic hydroxyl groups is 1. The van der Waals surface area contributed by atoms with Crippen molar-refractivity contribution < 1.29 is 9.84 Å². The van der Waals surface area contributed by atoms with Gasteiger partial charge in [-0.2, -0.15) is 20.0 Å². The summed E-state index contributed by atoms with van der Waals surface area (Å²) >= 11 is 5.19. The summed E-state index contributed by atoms with van der Waals surface area (Å²) in [5, 5.41) is 27.8. The van der Waals surface area contributed by atoms with E-state index in [2.05, 4.69) is 25.5 Å². The van der Waals surface area contributed by atoms with Crippen LogP contribution < -0.4 is 4.74 Å². The highest BCUT2D eigenvalue weighted by Crippen LogP contribution is 2.25. The van der Waals surface area contributed by atoms with Crippen LogP contribution in [0.5, 0.6) is 11.5 Å². The highest BCUT2D eigenvalue weighted by Gasteiger charge is 2.11. The highest BCUT2D eigenvalue weighted by atomic mass is 32.1. The van der Waals surface area contributed by atoms with E-state index in [1.165, 1.54) is 17.9 Å². The predicted molar refractivity (Wildman–Crippen MR) is 87.4 cm³/mol. The third-order valence-corrected chi connectivity index (χ3v) is 3.38. The van der Waals surface area contributed by atoms with Gasteiger partial charge in [-0.05, 0) is 49.0 Å². The lowest BCUT2D eigenvalue weighted by Crippen LogP contribution is -1.95. The Morgan fingerprint density at radius 3 is 2.83 bits per heavy atom. The van der Waals surface area contributed by atoms with Crippen LogP contribution in [0.1, 0.15) is 11.3 Å². The average Bonchev–Trinajstić information content (AvgIpc) is 3.12. The van der Waals surface area contributed by atoms with Crippen LogP contribution in [0.3, 0.4) is 0 Å². The van der Waals surface area contributed by atoms with Gasteiger partial charge in [-0.1, -0.05) is 0 Å². The Kier molecular flexibility index (Phi) is 3.94. The molecular weight excluding hydrogens is 316 g/mol. The van der Waals surface area contributed by atoms with Crippen molar-refractivity contribution in [2.75, 3.05) is 7.11 Å². The van der Waals surface area contributed by atoms with E-state index >= 15 is 0 Å². The van der Waals surface area contributed by atoms with Gasteiger partial charge < -0.3 is 9.84 Å². The molecule has 3 rings (SSSR count). The second kappa shape index (κ2) is 6.05. The minimum atomic E-state index is 0.0669. The van der Waals surface area contributed by atoms with E-state index in [1.54, 1.807) is 18.3 Å². The highest BCUT2D eigenvalue weighted by molar-refractivity contribution is 7.71. The topological polar surface area (TPSA) is 104 Å². The maximum absolute atomic E-state index is 9.61. The van der Waals surface area contributed by atoms with E-state index in [0.29, 0.717) is 22.0 Å². The Morgan fingerprint density at radius 2 is 2.13 bits per heavy atom. The first-order valence-corrected chi connectivity index (χ1v) is 7.10. The number of aryl methyl sites for hydroxylation is 1. The molecule has 118 valence electrons. The average molecular weight is 330 g/mol. The van der Waals surface area contributed by atoms with Crippen LogP contribution in [0.15, 0.2) is 29.4 Å². The summed E-state index contributed by atoms with van der Waals surface area (Å²) in [6.07, 6.45) is 1.59. The zero-order valence-electron chi connectivity index (χ0n) is 12.4. The quantitative estimate of drug-likeness (QED) is 0.503. The Labute approximate surface area is 136 Å². The molecule has 3 aromatic rings. The fourth-order valence-corrected chi connectivity index (χ4v) is 2.18. The van der Waals surface area contributed by atoms with Gasteiger partial charge in [0.2, 0.25) is 10.6 Å². The number of H-pyrrole nitrogens is 2. The van der Waals surface area contributed by atoms with Gasteiger partial charge in [-0.25, -0.2) is 5.10 Å². The number of aromatic nitrogens is 5. The molecule has 0 aliphatic heterocycles. The molecule has 0 radical (unpaired) electrons. The number of benzene rings is 1. The summed E-state index contributed by atoms with van der Waals surface area (Å²) in [4.78, 5) is 0. The first kappa shape index (κ1) is 15.0. The minimum absolute atomic E-state index is 0.0669. The van der Waals surface area contributed by atoms with E-state index in [-0.39, 0.29) is 5.75 Å². The van der Waals surface area contributed by atoms with Crippen LogP contribution in [0.4, 0.5) is 0 Å². The normalized spacial score (nSPS) is 11.2. The molecule has 8 nitrogen and oxygen atoms in total. The Balaban J connectivity index is 1.97. The fourth-order valence-electron chi connectivity index (χ4n) is 2.00. The molecular formula is C14H14N6O2S. The lowest BCUT2D eigenvalue weighted by atomic mass is 10.2. The number of phenolic OH excluding ortho intramolecular Hbond substituents is 1. The van der Waals surface area contributed by atoms with Gasteiger partial charge in [0.05, 0.1) is 13.3 Å². The van der Waals surface area contributed by atoms with Crippen molar-refractivity contribution in [1.29, 1.82) is 0 Å². The van der Waals surface area contributed by atoms with Crippen molar-refractivity contribution in [3.05, 3.63) is 40.3 Å². The number of ether oxygens (including phenoxy) is 1. The molecule has 0 saturated heterocycles.